The minimum Gasteiger partial charge on any atom is -0.389 e. The maximum Gasteiger partial charge on any atom is 0.0771 e. The van der Waals surface area contributed by atoms with Crippen molar-refractivity contribution in [2.24, 2.45) is 11.8 Å². The molecular formula is C16H33NO. The molecule has 0 radical (unpaired) electrons. The van der Waals surface area contributed by atoms with Crippen LogP contribution in [0.5, 0.6) is 0 Å². The Kier molecular flexibility index (Phi) is 6.65. The molecule has 1 rings (SSSR count). The molecule has 0 aromatic carbocycles. The Morgan fingerprint density at radius 3 is 2.33 bits per heavy atom. The highest BCUT2D eigenvalue weighted by Gasteiger charge is 2.31. The van der Waals surface area contributed by atoms with E-state index < -0.39 is 5.60 Å². The molecule has 1 saturated carbocycles. The first-order chi connectivity index (χ1) is 8.49. The molecule has 2 N–H and O–H groups in total. The highest BCUT2D eigenvalue weighted by atomic mass is 16.3. The Morgan fingerprint density at radius 1 is 1.22 bits per heavy atom. The third kappa shape index (κ3) is 5.27. The molecule has 2 unspecified atom stereocenters. The van der Waals surface area contributed by atoms with Crippen molar-refractivity contribution >= 4 is 0 Å². The summed E-state index contributed by atoms with van der Waals surface area (Å²) in [7, 11) is 0. The Bertz CT molecular complexity index is 221. The molecule has 0 aromatic rings. The zero-order valence-corrected chi connectivity index (χ0v) is 12.8. The summed E-state index contributed by atoms with van der Waals surface area (Å²) < 4.78 is 0. The lowest BCUT2D eigenvalue weighted by Gasteiger charge is -2.36. The lowest BCUT2D eigenvalue weighted by molar-refractivity contribution is -0.00876. The van der Waals surface area contributed by atoms with Crippen LogP contribution in [0.25, 0.3) is 0 Å². The molecule has 2 atom stereocenters. The van der Waals surface area contributed by atoms with Crippen molar-refractivity contribution in [2.75, 3.05) is 6.54 Å². The largest absolute Gasteiger partial charge is 0.389 e. The summed E-state index contributed by atoms with van der Waals surface area (Å²) in [4.78, 5) is 0. The van der Waals surface area contributed by atoms with Gasteiger partial charge in [0.2, 0.25) is 0 Å². The van der Waals surface area contributed by atoms with Crippen molar-refractivity contribution in [1.29, 1.82) is 0 Å². The summed E-state index contributed by atoms with van der Waals surface area (Å²) in [5.41, 5.74) is -0.435. The first-order valence-electron chi connectivity index (χ1n) is 7.94. The summed E-state index contributed by atoms with van der Waals surface area (Å²) in [5, 5.41) is 14.2. The van der Waals surface area contributed by atoms with Crippen LogP contribution in [-0.2, 0) is 0 Å². The Labute approximate surface area is 114 Å². The number of aliphatic hydroxyl groups is 1. The molecule has 2 nitrogen and oxygen atoms in total. The van der Waals surface area contributed by atoms with Crippen LogP contribution >= 0.6 is 0 Å². The first kappa shape index (κ1) is 16.0. The number of rotatable bonds is 7. The van der Waals surface area contributed by atoms with Gasteiger partial charge in [0, 0.05) is 12.6 Å². The minimum atomic E-state index is -0.435. The molecule has 0 aromatic heterocycles. The number of hydrogen-bond acceptors (Lipinski definition) is 2. The van der Waals surface area contributed by atoms with Gasteiger partial charge < -0.3 is 10.4 Å². The highest BCUT2D eigenvalue weighted by molar-refractivity contribution is 4.87. The Balaban J connectivity index is 2.33. The van der Waals surface area contributed by atoms with E-state index in [9.17, 15) is 5.11 Å². The van der Waals surface area contributed by atoms with E-state index in [-0.39, 0.29) is 0 Å². The van der Waals surface area contributed by atoms with Crippen molar-refractivity contribution < 1.29 is 5.11 Å². The summed E-state index contributed by atoms with van der Waals surface area (Å²) in [6.07, 6.45) is 7.96. The maximum atomic E-state index is 10.6. The molecule has 0 amide bonds. The van der Waals surface area contributed by atoms with Gasteiger partial charge in [-0.1, -0.05) is 34.1 Å². The minimum absolute atomic E-state index is 0.435. The van der Waals surface area contributed by atoms with E-state index in [1.807, 2.05) is 0 Å². The molecule has 0 saturated heterocycles. The molecule has 2 heteroatoms. The highest BCUT2D eigenvalue weighted by Crippen LogP contribution is 2.31. The SMILES string of the molecule is CCC(C)CC(CC)NCC1(O)CCC(C)CC1. The van der Waals surface area contributed by atoms with Crippen LogP contribution in [0.4, 0.5) is 0 Å². The maximum absolute atomic E-state index is 10.6. The van der Waals surface area contributed by atoms with Crippen LogP contribution in [0.2, 0.25) is 0 Å². The monoisotopic (exact) mass is 255 g/mol. The van der Waals surface area contributed by atoms with Crippen molar-refractivity contribution in [3.05, 3.63) is 0 Å². The predicted molar refractivity (Wildman–Crippen MR) is 78.7 cm³/mol. The fourth-order valence-electron chi connectivity index (χ4n) is 2.86. The van der Waals surface area contributed by atoms with E-state index in [0.29, 0.717) is 6.04 Å². The van der Waals surface area contributed by atoms with Crippen molar-refractivity contribution in [3.63, 3.8) is 0 Å². The van der Waals surface area contributed by atoms with Gasteiger partial charge in [0.1, 0.15) is 0 Å². The van der Waals surface area contributed by atoms with Gasteiger partial charge >= 0.3 is 0 Å². The smallest absolute Gasteiger partial charge is 0.0771 e. The van der Waals surface area contributed by atoms with Gasteiger partial charge in [0.25, 0.3) is 0 Å². The van der Waals surface area contributed by atoms with Crippen LogP contribution in [-0.4, -0.2) is 23.3 Å². The molecule has 0 spiro atoms. The molecular weight excluding hydrogens is 222 g/mol. The van der Waals surface area contributed by atoms with E-state index in [1.54, 1.807) is 0 Å². The van der Waals surface area contributed by atoms with Gasteiger partial charge in [-0.2, -0.15) is 0 Å². The first-order valence-corrected chi connectivity index (χ1v) is 7.94. The quantitative estimate of drug-likeness (QED) is 0.726. The fourth-order valence-corrected chi connectivity index (χ4v) is 2.86. The van der Waals surface area contributed by atoms with Crippen molar-refractivity contribution in [1.82, 2.24) is 5.32 Å². The topological polar surface area (TPSA) is 32.3 Å². The molecule has 1 aliphatic carbocycles. The molecule has 1 fully saturated rings. The zero-order chi connectivity index (χ0) is 13.6. The van der Waals surface area contributed by atoms with Gasteiger partial charge in [-0.05, 0) is 50.4 Å². The normalized spacial score (nSPS) is 32.2. The average Bonchev–Trinajstić information content (AvgIpc) is 2.38. The molecule has 0 heterocycles. The van der Waals surface area contributed by atoms with Crippen LogP contribution in [0, 0.1) is 11.8 Å². The van der Waals surface area contributed by atoms with E-state index in [0.717, 1.165) is 37.6 Å². The second-order valence-corrected chi connectivity index (χ2v) is 6.64. The number of nitrogens with one attached hydrogen (secondary N) is 1. The fraction of sp³-hybridized carbons (Fsp3) is 1.00. The predicted octanol–water partition coefficient (Wildman–Crippen LogP) is 3.73. The molecule has 1 aliphatic rings. The zero-order valence-electron chi connectivity index (χ0n) is 12.8. The third-order valence-electron chi connectivity index (χ3n) is 4.80. The van der Waals surface area contributed by atoms with Crippen LogP contribution in [0.3, 0.4) is 0 Å². The van der Waals surface area contributed by atoms with E-state index in [1.165, 1.54) is 25.7 Å². The van der Waals surface area contributed by atoms with Crippen LogP contribution in [0.15, 0.2) is 0 Å². The van der Waals surface area contributed by atoms with Gasteiger partial charge in [-0.15, -0.1) is 0 Å². The summed E-state index contributed by atoms with van der Waals surface area (Å²) in [6, 6.07) is 0.573. The molecule has 108 valence electrons. The van der Waals surface area contributed by atoms with Gasteiger partial charge in [0.05, 0.1) is 5.60 Å². The number of hydrogen-bond donors (Lipinski definition) is 2. The second kappa shape index (κ2) is 7.49. The van der Waals surface area contributed by atoms with Crippen molar-refractivity contribution in [3.8, 4) is 0 Å². The Hall–Kier alpha value is -0.0800. The van der Waals surface area contributed by atoms with Crippen LogP contribution in [0.1, 0.15) is 72.6 Å². The van der Waals surface area contributed by atoms with E-state index in [4.69, 9.17) is 0 Å². The lowest BCUT2D eigenvalue weighted by Crippen LogP contribution is -2.46. The van der Waals surface area contributed by atoms with Crippen molar-refractivity contribution in [2.45, 2.75) is 84.3 Å². The molecule has 0 aliphatic heterocycles. The standard InChI is InChI=1S/C16H33NO/c1-5-13(3)11-15(6-2)17-12-16(18)9-7-14(4)8-10-16/h13-15,17-18H,5-12H2,1-4H3. The lowest BCUT2D eigenvalue weighted by atomic mass is 9.79. The van der Waals surface area contributed by atoms with Gasteiger partial charge in [0.15, 0.2) is 0 Å². The van der Waals surface area contributed by atoms with Gasteiger partial charge in [-0.25, -0.2) is 0 Å². The van der Waals surface area contributed by atoms with E-state index in [2.05, 4.69) is 33.0 Å². The van der Waals surface area contributed by atoms with Crippen LogP contribution < -0.4 is 5.32 Å². The average molecular weight is 255 g/mol. The molecule has 0 bridgehead atoms. The molecule has 18 heavy (non-hydrogen) atoms. The van der Waals surface area contributed by atoms with E-state index >= 15 is 0 Å². The van der Waals surface area contributed by atoms with Gasteiger partial charge in [-0.3, -0.25) is 0 Å². The third-order valence-corrected chi connectivity index (χ3v) is 4.80. The summed E-state index contributed by atoms with van der Waals surface area (Å²) in [6.45, 7) is 9.90. The second-order valence-electron chi connectivity index (χ2n) is 6.64. The summed E-state index contributed by atoms with van der Waals surface area (Å²) in [5.74, 6) is 1.58. The summed E-state index contributed by atoms with van der Waals surface area (Å²) >= 11 is 0. The Morgan fingerprint density at radius 2 is 1.83 bits per heavy atom.